The van der Waals surface area contributed by atoms with Gasteiger partial charge in [-0.3, -0.25) is 4.90 Å². The van der Waals surface area contributed by atoms with Crippen LogP contribution in [0.1, 0.15) is 32.8 Å². The van der Waals surface area contributed by atoms with E-state index >= 15 is 0 Å². The first-order valence-electron chi connectivity index (χ1n) is 7.26. The Hall–Kier alpha value is -0.570. The zero-order valence-electron chi connectivity index (χ0n) is 12.2. The van der Waals surface area contributed by atoms with Gasteiger partial charge in [0.15, 0.2) is 0 Å². The highest BCUT2D eigenvalue weighted by atomic mass is 35.5. The molecule has 19 heavy (non-hydrogen) atoms. The summed E-state index contributed by atoms with van der Waals surface area (Å²) in [7, 11) is 0. The number of halogens is 1. The van der Waals surface area contributed by atoms with E-state index in [9.17, 15) is 0 Å². The summed E-state index contributed by atoms with van der Waals surface area (Å²) in [5.41, 5.74) is 1.64. The van der Waals surface area contributed by atoms with Crippen molar-refractivity contribution in [2.45, 2.75) is 45.2 Å². The molecule has 0 bridgehead atoms. The molecule has 1 heterocycles. The van der Waals surface area contributed by atoms with Crippen LogP contribution in [0.4, 0.5) is 0 Å². The molecule has 0 saturated carbocycles. The van der Waals surface area contributed by atoms with E-state index in [2.05, 4.69) is 43.1 Å². The lowest BCUT2D eigenvalue weighted by atomic mass is 9.93. The summed E-state index contributed by atoms with van der Waals surface area (Å²) < 4.78 is 0. The Morgan fingerprint density at radius 2 is 2.05 bits per heavy atom. The summed E-state index contributed by atoms with van der Waals surface area (Å²) in [6, 6.07) is 8.84. The van der Waals surface area contributed by atoms with Crippen molar-refractivity contribution in [3.05, 3.63) is 34.9 Å². The molecule has 1 aliphatic heterocycles. The summed E-state index contributed by atoms with van der Waals surface area (Å²) in [5.74, 6) is 0. The number of hydrogen-bond donors (Lipinski definition) is 1. The standard InChI is InChI=1S/C16H25ClN2/c1-4-16(3)12-19(13(2)11-18-16)10-9-14-5-7-15(17)8-6-14/h5-8,13,18H,4,9-12H2,1-3H3. The quantitative estimate of drug-likeness (QED) is 0.910. The molecular formula is C16H25ClN2. The van der Waals surface area contributed by atoms with Crippen LogP contribution in [-0.2, 0) is 6.42 Å². The van der Waals surface area contributed by atoms with Crippen molar-refractivity contribution in [3.63, 3.8) is 0 Å². The van der Waals surface area contributed by atoms with Gasteiger partial charge in [-0.05, 0) is 44.4 Å². The predicted molar refractivity (Wildman–Crippen MR) is 82.9 cm³/mol. The number of hydrogen-bond acceptors (Lipinski definition) is 2. The molecule has 1 aliphatic rings. The SMILES string of the molecule is CCC1(C)CN(CCc2ccc(Cl)cc2)C(C)CN1. The largest absolute Gasteiger partial charge is 0.309 e. The second-order valence-corrected chi connectivity index (χ2v) is 6.43. The fourth-order valence-corrected chi connectivity index (χ4v) is 2.77. The van der Waals surface area contributed by atoms with Crippen LogP contribution < -0.4 is 5.32 Å². The molecule has 0 amide bonds. The summed E-state index contributed by atoms with van der Waals surface area (Å²) in [4.78, 5) is 2.61. The van der Waals surface area contributed by atoms with Crippen molar-refractivity contribution >= 4 is 11.6 Å². The van der Waals surface area contributed by atoms with E-state index in [0.717, 1.165) is 31.1 Å². The lowest BCUT2D eigenvalue weighted by molar-refractivity contribution is 0.0944. The van der Waals surface area contributed by atoms with E-state index in [1.165, 1.54) is 12.0 Å². The van der Waals surface area contributed by atoms with Crippen LogP contribution >= 0.6 is 11.6 Å². The lowest BCUT2D eigenvalue weighted by Gasteiger charge is -2.45. The van der Waals surface area contributed by atoms with Crippen LogP contribution in [0, 0.1) is 0 Å². The first-order valence-corrected chi connectivity index (χ1v) is 7.64. The molecule has 0 spiro atoms. The molecular weight excluding hydrogens is 256 g/mol. The number of piperazine rings is 1. The molecule has 2 atom stereocenters. The first kappa shape index (κ1) is 14.8. The number of benzene rings is 1. The minimum absolute atomic E-state index is 0.270. The van der Waals surface area contributed by atoms with Crippen LogP contribution in [0.3, 0.4) is 0 Å². The van der Waals surface area contributed by atoms with Crippen LogP contribution in [-0.4, -0.2) is 36.1 Å². The van der Waals surface area contributed by atoms with Crippen LogP contribution in [0.5, 0.6) is 0 Å². The second-order valence-electron chi connectivity index (χ2n) is 5.99. The van der Waals surface area contributed by atoms with Gasteiger partial charge in [-0.15, -0.1) is 0 Å². The van der Waals surface area contributed by atoms with Crippen molar-refractivity contribution < 1.29 is 0 Å². The molecule has 2 rings (SSSR count). The third kappa shape index (κ3) is 3.95. The van der Waals surface area contributed by atoms with Crippen LogP contribution in [0.25, 0.3) is 0 Å². The maximum Gasteiger partial charge on any atom is 0.0406 e. The molecule has 1 saturated heterocycles. The Bertz CT molecular complexity index is 404. The van der Waals surface area contributed by atoms with Crippen molar-refractivity contribution in [1.29, 1.82) is 0 Å². The summed E-state index contributed by atoms with van der Waals surface area (Å²) >= 11 is 5.92. The maximum absolute atomic E-state index is 5.92. The van der Waals surface area contributed by atoms with Gasteiger partial charge in [0.25, 0.3) is 0 Å². The molecule has 0 aliphatic carbocycles. The highest BCUT2D eigenvalue weighted by Gasteiger charge is 2.31. The highest BCUT2D eigenvalue weighted by Crippen LogP contribution is 2.19. The molecule has 0 aromatic heterocycles. The molecule has 0 radical (unpaired) electrons. The van der Waals surface area contributed by atoms with E-state index in [1.807, 2.05) is 12.1 Å². The second kappa shape index (κ2) is 6.25. The smallest absolute Gasteiger partial charge is 0.0406 e. The van der Waals surface area contributed by atoms with Gasteiger partial charge >= 0.3 is 0 Å². The molecule has 1 aromatic rings. The summed E-state index contributed by atoms with van der Waals surface area (Å²) in [6.45, 7) is 10.3. The Balaban J connectivity index is 1.92. The first-order chi connectivity index (χ1) is 9.02. The molecule has 1 fully saturated rings. The third-order valence-electron chi connectivity index (χ3n) is 4.38. The molecule has 2 nitrogen and oxygen atoms in total. The Morgan fingerprint density at radius 1 is 1.37 bits per heavy atom. The van der Waals surface area contributed by atoms with Crippen molar-refractivity contribution in [3.8, 4) is 0 Å². The monoisotopic (exact) mass is 280 g/mol. The van der Waals surface area contributed by atoms with E-state index in [4.69, 9.17) is 11.6 Å². The normalized spacial score (nSPS) is 28.5. The van der Waals surface area contributed by atoms with Crippen molar-refractivity contribution in [1.82, 2.24) is 10.2 Å². The Morgan fingerprint density at radius 3 is 2.68 bits per heavy atom. The Kier molecular flexibility index (Phi) is 4.88. The average molecular weight is 281 g/mol. The minimum Gasteiger partial charge on any atom is -0.309 e. The van der Waals surface area contributed by atoms with E-state index in [0.29, 0.717) is 6.04 Å². The van der Waals surface area contributed by atoms with Gasteiger partial charge < -0.3 is 5.32 Å². The van der Waals surface area contributed by atoms with E-state index in [1.54, 1.807) is 0 Å². The van der Waals surface area contributed by atoms with E-state index < -0.39 is 0 Å². The van der Waals surface area contributed by atoms with E-state index in [-0.39, 0.29) is 5.54 Å². The van der Waals surface area contributed by atoms with Gasteiger partial charge in [0, 0.05) is 36.2 Å². The zero-order chi connectivity index (χ0) is 13.9. The summed E-state index contributed by atoms with van der Waals surface area (Å²) in [6.07, 6.45) is 2.28. The van der Waals surface area contributed by atoms with Crippen molar-refractivity contribution in [2.75, 3.05) is 19.6 Å². The summed E-state index contributed by atoms with van der Waals surface area (Å²) in [5, 5.41) is 4.49. The molecule has 1 aromatic carbocycles. The van der Waals surface area contributed by atoms with Crippen LogP contribution in [0.15, 0.2) is 24.3 Å². The Labute approximate surface area is 122 Å². The number of nitrogens with one attached hydrogen (secondary N) is 1. The lowest BCUT2D eigenvalue weighted by Crippen LogP contribution is -2.62. The molecule has 106 valence electrons. The van der Waals surface area contributed by atoms with Crippen molar-refractivity contribution in [2.24, 2.45) is 0 Å². The number of nitrogens with zero attached hydrogens (tertiary/aromatic N) is 1. The average Bonchev–Trinajstić information content (AvgIpc) is 2.42. The topological polar surface area (TPSA) is 15.3 Å². The van der Waals surface area contributed by atoms with Crippen LogP contribution in [0.2, 0.25) is 5.02 Å². The zero-order valence-corrected chi connectivity index (χ0v) is 13.0. The molecule has 3 heteroatoms. The maximum atomic E-state index is 5.92. The van der Waals surface area contributed by atoms with Gasteiger partial charge in [-0.1, -0.05) is 30.7 Å². The van der Waals surface area contributed by atoms with Gasteiger partial charge in [0.2, 0.25) is 0 Å². The molecule has 1 N–H and O–H groups in total. The van der Waals surface area contributed by atoms with Gasteiger partial charge in [-0.2, -0.15) is 0 Å². The fourth-order valence-electron chi connectivity index (χ4n) is 2.64. The van der Waals surface area contributed by atoms with Gasteiger partial charge in [0.05, 0.1) is 0 Å². The van der Waals surface area contributed by atoms with Gasteiger partial charge in [-0.25, -0.2) is 0 Å². The third-order valence-corrected chi connectivity index (χ3v) is 4.63. The number of rotatable bonds is 4. The minimum atomic E-state index is 0.270. The van der Waals surface area contributed by atoms with Gasteiger partial charge in [0.1, 0.15) is 0 Å². The highest BCUT2D eigenvalue weighted by molar-refractivity contribution is 6.30. The molecule has 2 unspecified atom stereocenters. The predicted octanol–water partition coefficient (Wildman–Crippen LogP) is 3.34. The fraction of sp³-hybridized carbons (Fsp3) is 0.625.